The Hall–Kier alpha value is -2.57. The van der Waals surface area contributed by atoms with Crippen LogP contribution in [0.1, 0.15) is 5.56 Å². The lowest BCUT2D eigenvalue weighted by Crippen LogP contribution is -2.06. The van der Waals surface area contributed by atoms with Crippen LogP contribution in [0, 0.1) is 27.6 Å². The van der Waals surface area contributed by atoms with Gasteiger partial charge in [-0.15, -0.1) is 0 Å². The smallest absolute Gasteiger partial charge is 0.298 e. The van der Waals surface area contributed by atoms with Crippen LogP contribution in [0.5, 0.6) is 0 Å². The Bertz CT molecular complexity index is 662. The number of hydrogen-bond acceptors (Lipinski definition) is 3. The number of halogens is 3. The zero-order valence-electron chi connectivity index (χ0n) is 10.1. The van der Waals surface area contributed by atoms with E-state index in [0.717, 1.165) is 0 Å². The van der Waals surface area contributed by atoms with E-state index in [2.05, 4.69) is 5.32 Å². The van der Waals surface area contributed by atoms with Gasteiger partial charge in [0.15, 0.2) is 5.82 Å². The van der Waals surface area contributed by atoms with Crippen LogP contribution in [0.3, 0.4) is 0 Å². The molecule has 0 fully saturated rings. The van der Waals surface area contributed by atoms with Crippen molar-refractivity contribution in [2.24, 2.45) is 0 Å². The van der Waals surface area contributed by atoms with E-state index >= 15 is 0 Å². The van der Waals surface area contributed by atoms with Crippen molar-refractivity contribution in [1.82, 2.24) is 0 Å². The van der Waals surface area contributed by atoms with Crippen molar-refractivity contribution >= 4 is 11.4 Å². The van der Waals surface area contributed by atoms with Crippen molar-refractivity contribution < 1.29 is 18.1 Å². The predicted octanol–water partition coefficient (Wildman–Crippen LogP) is 3.62. The third kappa shape index (κ3) is 2.87. The number of nitrogens with zero attached hydrogens (tertiary/aromatic N) is 1. The summed E-state index contributed by atoms with van der Waals surface area (Å²) < 4.78 is 39.9. The van der Waals surface area contributed by atoms with E-state index in [4.69, 9.17) is 0 Å². The quantitative estimate of drug-likeness (QED) is 0.688. The van der Waals surface area contributed by atoms with Crippen molar-refractivity contribution in [3.63, 3.8) is 0 Å². The minimum absolute atomic E-state index is 0.157. The molecule has 0 radical (unpaired) electrons. The Balaban J connectivity index is 2.30. The van der Waals surface area contributed by atoms with Gasteiger partial charge in [-0.3, -0.25) is 10.1 Å². The van der Waals surface area contributed by atoms with E-state index in [9.17, 15) is 23.3 Å². The van der Waals surface area contributed by atoms with Crippen molar-refractivity contribution in [3.05, 3.63) is 69.5 Å². The average molecular weight is 282 g/mol. The van der Waals surface area contributed by atoms with E-state index in [0.29, 0.717) is 12.1 Å². The van der Waals surface area contributed by atoms with E-state index in [1.807, 2.05) is 0 Å². The highest BCUT2D eigenvalue weighted by Gasteiger charge is 2.20. The maximum absolute atomic E-state index is 13.6. The Labute approximate surface area is 112 Å². The topological polar surface area (TPSA) is 55.2 Å². The number of nitro benzene ring substituents is 1. The van der Waals surface area contributed by atoms with Gasteiger partial charge in [0.05, 0.1) is 11.0 Å². The highest BCUT2D eigenvalue weighted by atomic mass is 19.1. The number of anilines is 1. The maximum Gasteiger partial charge on any atom is 0.298 e. The van der Waals surface area contributed by atoms with Crippen LogP contribution in [-0.4, -0.2) is 4.92 Å². The van der Waals surface area contributed by atoms with Crippen LogP contribution in [0.25, 0.3) is 0 Å². The second-order valence-electron chi connectivity index (χ2n) is 3.98. The standard InChI is InChI=1S/C13H9F3N2O2/c14-9-5-11(16)13(12(6-9)18(19)20)17-7-8-3-1-2-4-10(8)15/h1-6,17H,7H2. The lowest BCUT2D eigenvalue weighted by Gasteiger charge is -2.09. The van der Waals surface area contributed by atoms with Crippen LogP contribution in [0.4, 0.5) is 24.5 Å². The summed E-state index contributed by atoms with van der Waals surface area (Å²) in [5, 5.41) is 13.2. The first-order valence-corrected chi connectivity index (χ1v) is 5.59. The fourth-order valence-corrected chi connectivity index (χ4v) is 1.70. The SMILES string of the molecule is O=[N+]([O-])c1cc(F)cc(F)c1NCc1ccccc1F. The molecule has 1 N–H and O–H groups in total. The first-order valence-electron chi connectivity index (χ1n) is 5.59. The molecule has 0 aliphatic rings. The first kappa shape index (κ1) is 13.9. The van der Waals surface area contributed by atoms with Gasteiger partial charge >= 0.3 is 0 Å². The van der Waals surface area contributed by atoms with Crippen molar-refractivity contribution in [2.75, 3.05) is 5.32 Å². The van der Waals surface area contributed by atoms with Gasteiger partial charge in [0.2, 0.25) is 0 Å². The van der Waals surface area contributed by atoms with Gasteiger partial charge in [0, 0.05) is 18.2 Å². The molecular weight excluding hydrogens is 273 g/mol. The molecule has 0 aromatic heterocycles. The summed E-state index contributed by atoms with van der Waals surface area (Å²) in [6.07, 6.45) is 0. The lowest BCUT2D eigenvalue weighted by atomic mass is 10.2. The molecule has 0 spiro atoms. The Morgan fingerprint density at radius 2 is 1.80 bits per heavy atom. The summed E-state index contributed by atoms with van der Waals surface area (Å²) >= 11 is 0. The van der Waals surface area contributed by atoms with Crippen LogP contribution >= 0.6 is 0 Å². The molecule has 0 bridgehead atoms. The molecule has 7 heteroatoms. The van der Waals surface area contributed by atoms with Gasteiger partial charge < -0.3 is 5.32 Å². The van der Waals surface area contributed by atoms with Gasteiger partial charge in [0.25, 0.3) is 5.69 Å². The van der Waals surface area contributed by atoms with E-state index < -0.39 is 33.7 Å². The summed E-state index contributed by atoms with van der Waals surface area (Å²) in [5.74, 6) is -2.68. The second-order valence-corrected chi connectivity index (χ2v) is 3.98. The molecule has 0 unspecified atom stereocenters. The normalized spacial score (nSPS) is 10.3. The van der Waals surface area contributed by atoms with Crippen LogP contribution in [-0.2, 0) is 6.54 Å². The second kappa shape index (κ2) is 5.60. The summed E-state index contributed by atoms with van der Waals surface area (Å²) in [6, 6.07) is 6.86. The molecule has 104 valence electrons. The fraction of sp³-hybridized carbons (Fsp3) is 0.0769. The Morgan fingerprint density at radius 3 is 2.45 bits per heavy atom. The number of nitro groups is 1. The summed E-state index contributed by atoms with van der Waals surface area (Å²) in [5.41, 5.74) is -0.996. The molecule has 4 nitrogen and oxygen atoms in total. The fourth-order valence-electron chi connectivity index (χ4n) is 1.70. The van der Waals surface area contributed by atoms with Gasteiger partial charge in [-0.2, -0.15) is 0 Å². The molecular formula is C13H9F3N2O2. The largest absolute Gasteiger partial charge is 0.373 e. The third-order valence-electron chi connectivity index (χ3n) is 2.64. The molecule has 2 aromatic carbocycles. The molecule has 0 saturated carbocycles. The minimum Gasteiger partial charge on any atom is -0.373 e. The van der Waals surface area contributed by atoms with E-state index in [1.54, 1.807) is 6.07 Å². The Kier molecular flexibility index (Phi) is 3.88. The molecule has 0 amide bonds. The highest BCUT2D eigenvalue weighted by molar-refractivity contribution is 5.62. The van der Waals surface area contributed by atoms with Crippen LogP contribution in [0.2, 0.25) is 0 Å². The van der Waals surface area contributed by atoms with Crippen molar-refractivity contribution in [2.45, 2.75) is 6.54 Å². The summed E-state index contributed by atoms with van der Waals surface area (Å²) in [4.78, 5) is 9.86. The minimum atomic E-state index is -1.10. The first-order chi connectivity index (χ1) is 9.49. The van der Waals surface area contributed by atoms with E-state index in [-0.39, 0.29) is 12.1 Å². The Morgan fingerprint density at radius 1 is 1.10 bits per heavy atom. The third-order valence-corrected chi connectivity index (χ3v) is 2.64. The van der Waals surface area contributed by atoms with Gasteiger partial charge in [-0.05, 0) is 6.07 Å². The molecule has 0 aliphatic carbocycles. The predicted molar refractivity (Wildman–Crippen MR) is 66.7 cm³/mol. The number of rotatable bonds is 4. The van der Waals surface area contributed by atoms with Crippen molar-refractivity contribution in [3.8, 4) is 0 Å². The molecule has 2 rings (SSSR count). The number of hydrogen-bond donors (Lipinski definition) is 1. The van der Waals surface area contributed by atoms with Gasteiger partial charge in [-0.25, -0.2) is 13.2 Å². The van der Waals surface area contributed by atoms with Gasteiger partial charge in [0.1, 0.15) is 17.3 Å². The monoisotopic (exact) mass is 282 g/mol. The molecule has 0 heterocycles. The number of nitrogens with one attached hydrogen (secondary N) is 1. The number of benzene rings is 2. The molecule has 20 heavy (non-hydrogen) atoms. The van der Waals surface area contributed by atoms with Crippen LogP contribution < -0.4 is 5.32 Å². The molecule has 0 saturated heterocycles. The average Bonchev–Trinajstić information content (AvgIpc) is 2.38. The molecule has 0 aliphatic heterocycles. The van der Waals surface area contributed by atoms with Crippen LogP contribution in [0.15, 0.2) is 36.4 Å². The molecule has 0 atom stereocenters. The zero-order valence-corrected chi connectivity index (χ0v) is 10.1. The van der Waals surface area contributed by atoms with Crippen molar-refractivity contribution in [1.29, 1.82) is 0 Å². The molecule has 2 aromatic rings. The van der Waals surface area contributed by atoms with Gasteiger partial charge in [-0.1, -0.05) is 18.2 Å². The van der Waals surface area contributed by atoms with E-state index in [1.165, 1.54) is 18.2 Å². The maximum atomic E-state index is 13.6. The zero-order chi connectivity index (χ0) is 14.7. The summed E-state index contributed by atoms with van der Waals surface area (Å²) in [7, 11) is 0. The highest BCUT2D eigenvalue weighted by Crippen LogP contribution is 2.29. The lowest BCUT2D eigenvalue weighted by molar-refractivity contribution is -0.384. The summed E-state index contributed by atoms with van der Waals surface area (Å²) in [6.45, 7) is -0.157.